The summed E-state index contributed by atoms with van der Waals surface area (Å²) in [5.74, 6) is 0.449. The Balaban J connectivity index is 0.00000243. The Bertz CT molecular complexity index is 765. The number of fused-ring (bicyclic) bond motifs is 1. The number of rotatable bonds is 4. The Morgan fingerprint density at radius 1 is 1.08 bits per heavy atom. The predicted octanol–water partition coefficient (Wildman–Crippen LogP) is 2.85. The van der Waals surface area contributed by atoms with Crippen LogP contribution in [0.2, 0.25) is 0 Å². The first-order valence-corrected chi connectivity index (χ1v) is 8.23. The molecule has 140 valence electrons. The van der Waals surface area contributed by atoms with Crippen LogP contribution in [0.4, 0.5) is 4.79 Å². The molecule has 0 aliphatic carbocycles. The molecule has 0 spiro atoms. The van der Waals surface area contributed by atoms with E-state index in [9.17, 15) is 15.0 Å². The zero-order chi connectivity index (χ0) is 18.0. The molecule has 2 amide bonds. The monoisotopic (exact) mass is 377 g/mol. The molecule has 26 heavy (non-hydrogen) atoms. The van der Waals surface area contributed by atoms with Crippen molar-refractivity contribution in [2.24, 2.45) is 0 Å². The highest BCUT2D eigenvalue weighted by Gasteiger charge is 2.24. The number of nitrogens with zero attached hydrogens (tertiary/aromatic N) is 2. The molecule has 1 atom stereocenters. The molecule has 3 rings (SSSR count). The Morgan fingerprint density at radius 3 is 2.35 bits per heavy atom. The molecule has 1 aliphatic rings. The molecule has 3 N–H and O–H groups in total. The quantitative estimate of drug-likeness (QED) is 0.765. The van der Waals surface area contributed by atoms with Crippen molar-refractivity contribution in [1.29, 1.82) is 0 Å². The third kappa shape index (κ3) is 4.39. The summed E-state index contributed by atoms with van der Waals surface area (Å²) in [7, 11) is 3.91. The fraction of sp³-hybridized carbons (Fsp3) is 0.316. The normalized spacial score (nSPS) is 13.9. The summed E-state index contributed by atoms with van der Waals surface area (Å²) in [6.07, 6.45) is 0. The predicted molar refractivity (Wildman–Crippen MR) is 103 cm³/mol. The van der Waals surface area contributed by atoms with Gasteiger partial charge in [0.15, 0.2) is 0 Å². The van der Waals surface area contributed by atoms with Crippen LogP contribution < -0.4 is 5.32 Å². The molecule has 2 aromatic rings. The number of benzene rings is 2. The van der Waals surface area contributed by atoms with Gasteiger partial charge in [0, 0.05) is 19.6 Å². The smallest absolute Gasteiger partial charge is 0.318 e. The minimum atomic E-state index is -0.124. The summed E-state index contributed by atoms with van der Waals surface area (Å²) in [6, 6.07) is 12.1. The van der Waals surface area contributed by atoms with Crippen molar-refractivity contribution < 1.29 is 15.0 Å². The molecule has 0 saturated heterocycles. The number of urea groups is 1. The Kier molecular flexibility index (Phi) is 6.34. The molecule has 0 fully saturated rings. The largest absolute Gasteiger partial charge is 0.508 e. The SMILES string of the molecule is CN(C)C(CNC(=O)N1Cc2ccc(O)cc2C1)c1ccc(O)cc1.Cl. The number of phenolic OH excluding ortho intramolecular Hbond substituents is 2. The van der Waals surface area contributed by atoms with Crippen molar-refractivity contribution in [2.45, 2.75) is 19.1 Å². The first kappa shape index (κ1) is 19.9. The van der Waals surface area contributed by atoms with Gasteiger partial charge in [-0.15, -0.1) is 12.4 Å². The third-order valence-electron chi connectivity index (χ3n) is 4.55. The average Bonchev–Trinajstić information content (AvgIpc) is 2.99. The molecule has 7 heteroatoms. The second-order valence-electron chi connectivity index (χ2n) is 6.57. The van der Waals surface area contributed by atoms with E-state index in [4.69, 9.17) is 0 Å². The van der Waals surface area contributed by atoms with Crippen LogP contribution in [-0.4, -0.2) is 46.7 Å². The first-order valence-electron chi connectivity index (χ1n) is 8.23. The standard InChI is InChI=1S/C19H23N3O3.ClH/c1-21(2)18(13-3-6-16(23)7-4-13)10-20-19(25)22-11-14-5-8-17(24)9-15(14)12-22;/h3-9,18,23-24H,10-12H2,1-2H3,(H,20,25);1H. The first-order chi connectivity index (χ1) is 11.9. The van der Waals surface area contributed by atoms with Crippen LogP contribution in [0.15, 0.2) is 42.5 Å². The van der Waals surface area contributed by atoms with Crippen molar-refractivity contribution in [3.63, 3.8) is 0 Å². The summed E-state index contributed by atoms with van der Waals surface area (Å²) in [4.78, 5) is 16.3. The number of amides is 2. The lowest BCUT2D eigenvalue weighted by atomic mass is 10.1. The number of hydrogen-bond acceptors (Lipinski definition) is 4. The highest BCUT2D eigenvalue weighted by atomic mass is 35.5. The lowest BCUT2D eigenvalue weighted by Gasteiger charge is -2.26. The summed E-state index contributed by atoms with van der Waals surface area (Å²) in [5.41, 5.74) is 3.08. The van der Waals surface area contributed by atoms with Crippen molar-refractivity contribution in [3.8, 4) is 11.5 Å². The minimum Gasteiger partial charge on any atom is -0.508 e. The average molecular weight is 378 g/mol. The summed E-state index contributed by atoms with van der Waals surface area (Å²) < 4.78 is 0. The number of aromatic hydroxyl groups is 2. The van der Waals surface area contributed by atoms with Gasteiger partial charge in [-0.3, -0.25) is 0 Å². The van der Waals surface area contributed by atoms with E-state index in [-0.39, 0.29) is 36.0 Å². The van der Waals surface area contributed by atoms with Crippen LogP contribution in [0, 0.1) is 0 Å². The van der Waals surface area contributed by atoms with Gasteiger partial charge in [0.05, 0.1) is 6.04 Å². The van der Waals surface area contributed by atoms with Crippen LogP contribution in [0.25, 0.3) is 0 Å². The molecular weight excluding hydrogens is 354 g/mol. The van der Waals surface area contributed by atoms with Crippen molar-refractivity contribution in [1.82, 2.24) is 15.1 Å². The molecule has 0 radical (unpaired) electrons. The van der Waals surface area contributed by atoms with Gasteiger partial charge in [0.1, 0.15) is 11.5 Å². The van der Waals surface area contributed by atoms with E-state index in [1.165, 1.54) is 0 Å². The maximum atomic E-state index is 12.5. The van der Waals surface area contributed by atoms with E-state index in [0.29, 0.717) is 19.6 Å². The van der Waals surface area contributed by atoms with Crippen LogP contribution >= 0.6 is 12.4 Å². The molecule has 1 heterocycles. The van der Waals surface area contributed by atoms with E-state index in [1.54, 1.807) is 29.2 Å². The van der Waals surface area contributed by atoms with Gasteiger partial charge in [-0.1, -0.05) is 18.2 Å². The molecule has 1 aliphatic heterocycles. The molecule has 6 nitrogen and oxygen atoms in total. The van der Waals surface area contributed by atoms with E-state index in [1.807, 2.05) is 37.2 Å². The van der Waals surface area contributed by atoms with Crippen molar-refractivity contribution in [2.75, 3.05) is 20.6 Å². The van der Waals surface area contributed by atoms with E-state index in [2.05, 4.69) is 5.32 Å². The number of carbonyl (C=O) groups is 1. The van der Waals surface area contributed by atoms with Crippen molar-refractivity contribution >= 4 is 18.4 Å². The van der Waals surface area contributed by atoms with Gasteiger partial charge in [-0.2, -0.15) is 0 Å². The summed E-state index contributed by atoms with van der Waals surface area (Å²) in [5, 5.41) is 22.0. The van der Waals surface area contributed by atoms with Crippen molar-refractivity contribution in [3.05, 3.63) is 59.2 Å². The second kappa shape index (κ2) is 8.29. The molecule has 0 aromatic heterocycles. The number of hydrogen-bond donors (Lipinski definition) is 3. The lowest BCUT2D eigenvalue weighted by molar-refractivity contribution is 0.193. The zero-order valence-electron chi connectivity index (χ0n) is 14.8. The highest BCUT2D eigenvalue weighted by Crippen LogP contribution is 2.26. The highest BCUT2D eigenvalue weighted by molar-refractivity contribution is 5.85. The number of phenols is 2. The number of nitrogens with one attached hydrogen (secondary N) is 1. The number of carbonyl (C=O) groups excluding carboxylic acids is 1. The van der Waals surface area contributed by atoms with Crippen LogP contribution in [0.1, 0.15) is 22.7 Å². The van der Waals surface area contributed by atoms with Gasteiger partial charge in [0.2, 0.25) is 0 Å². The summed E-state index contributed by atoms with van der Waals surface area (Å²) in [6.45, 7) is 1.52. The number of halogens is 1. The zero-order valence-corrected chi connectivity index (χ0v) is 15.7. The minimum absolute atomic E-state index is 0. The Morgan fingerprint density at radius 2 is 1.69 bits per heavy atom. The molecule has 0 bridgehead atoms. The van der Waals surface area contributed by atoms with Crippen LogP contribution in [0.5, 0.6) is 11.5 Å². The molecule has 0 saturated carbocycles. The van der Waals surface area contributed by atoms with E-state index < -0.39 is 0 Å². The molecule has 1 unspecified atom stereocenters. The van der Waals surface area contributed by atoms with E-state index >= 15 is 0 Å². The van der Waals surface area contributed by atoms with Gasteiger partial charge in [0.25, 0.3) is 0 Å². The second-order valence-corrected chi connectivity index (χ2v) is 6.57. The van der Waals surface area contributed by atoms with Gasteiger partial charge in [-0.05, 0) is 55.1 Å². The lowest BCUT2D eigenvalue weighted by Crippen LogP contribution is -2.41. The third-order valence-corrected chi connectivity index (χ3v) is 4.55. The van der Waals surface area contributed by atoms with Gasteiger partial charge < -0.3 is 25.3 Å². The Labute approximate surface area is 159 Å². The fourth-order valence-electron chi connectivity index (χ4n) is 3.12. The van der Waals surface area contributed by atoms with Gasteiger partial charge >= 0.3 is 6.03 Å². The molecule has 2 aromatic carbocycles. The maximum absolute atomic E-state index is 12.5. The fourth-order valence-corrected chi connectivity index (χ4v) is 3.12. The topological polar surface area (TPSA) is 76.0 Å². The van der Waals surface area contributed by atoms with Crippen LogP contribution in [-0.2, 0) is 13.1 Å². The maximum Gasteiger partial charge on any atom is 0.318 e. The summed E-state index contributed by atoms with van der Waals surface area (Å²) >= 11 is 0. The van der Waals surface area contributed by atoms with Gasteiger partial charge in [-0.25, -0.2) is 4.79 Å². The molecular formula is C19H24ClN3O3. The van der Waals surface area contributed by atoms with E-state index in [0.717, 1.165) is 16.7 Å². The number of likely N-dealkylation sites (N-methyl/N-ethyl adjacent to an activating group) is 1. The van der Waals surface area contributed by atoms with Crippen LogP contribution in [0.3, 0.4) is 0 Å². The Hall–Kier alpha value is -2.44.